The number of hydrogen-bond donors (Lipinski definition) is 1. The molecule has 0 aliphatic heterocycles. The molecule has 6 nitrogen and oxygen atoms in total. The van der Waals surface area contributed by atoms with E-state index in [2.05, 4.69) is 13.8 Å². The number of fused-ring (bicyclic) bond motifs is 5. The number of aliphatic carboxylic acids is 1. The molecule has 8 atom stereocenters. The fourth-order valence-electron chi connectivity index (χ4n) is 10.9. The number of likely N-dealkylation sites (N-methyl/N-ethyl adjacent to an activating group) is 1. The third-order valence-electron chi connectivity index (χ3n) is 11.7. The molecule has 1 amide bonds. The lowest BCUT2D eigenvalue weighted by Crippen LogP contribution is -2.52. The molecule has 0 aromatic heterocycles. The predicted octanol–water partition coefficient (Wildman–Crippen LogP) is 4.47. The standard InChI is InChI=1S/C29H43NO5/c1-4-16-11-17(5-2)24-21-12-20(23(16)24)25(28(33)30(3)13-22(31)32)26(21)29(34)35-27-18-7-14-6-15(9-18)10-19(27)8-14/h14-21,23-27H,4-13H2,1-3H3,(H,31,32). The van der Waals surface area contributed by atoms with Crippen LogP contribution in [0.5, 0.6) is 0 Å². The van der Waals surface area contributed by atoms with Crippen LogP contribution < -0.4 is 0 Å². The Balaban J connectivity index is 1.28. The van der Waals surface area contributed by atoms with E-state index in [9.17, 15) is 19.5 Å². The maximum atomic E-state index is 14.0. The minimum atomic E-state index is -1.01. The number of carbonyl (C=O) groups excluding carboxylic acids is 2. The molecule has 0 saturated heterocycles. The first-order chi connectivity index (χ1) is 16.8. The van der Waals surface area contributed by atoms with Crippen molar-refractivity contribution in [3.8, 4) is 0 Å². The van der Waals surface area contributed by atoms with Gasteiger partial charge in [-0.25, -0.2) is 0 Å². The van der Waals surface area contributed by atoms with E-state index in [0.717, 1.165) is 31.1 Å². The SMILES string of the molecule is CCC1CC(CC)C2C3CC(C(C(=O)OC4C5CC6CC(C5)CC4C6)C3C(=O)N(C)CC(=O)O)C12. The molecule has 7 rings (SSSR count). The van der Waals surface area contributed by atoms with Crippen LogP contribution in [0.4, 0.5) is 0 Å². The fourth-order valence-corrected chi connectivity index (χ4v) is 10.9. The molecule has 7 aliphatic rings. The van der Waals surface area contributed by atoms with E-state index in [0.29, 0.717) is 35.5 Å². The number of carboxylic acids is 1. The molecule has 1 N–H and O–H groups in total. The molecule has 0 spiro atoms. The van der Waals surface area contributed by atoms with Gasteiger partial charge in [0.25, 0.3) is 0 Å². The van der Waals surface area contributed by atoms with Gasteiger partial charge in [0.05, 0.1) is 11.8 Å². The van der Waals surface area contributed by atoms with E-state index < -0.39 is 17.8 Å². The Bertz CT molecular complexity index is 858. The van der Waals surface area contributed by atoms with Crippen molar-refractivity contribution in [2.75, 3.05) is 13.6 Å². The normalized spacial score (nSPS) is 48.7. The summed E-state index contributed by atoms with van der Waals surface area (Å²) in [5.74, 6) is 3.19. The molecule has 7 aliphatic carbocycles. The highest BCUT2D eigenvalue weighted by Crippen LogP contribution is 2.68. The molecule has 6 heteroatoms. The van der Waals surface area contributed by atoms with Crippen molar-refractivity contribution in [3.63, 3.8) is 0 Å². The summed E-state index contributed by atoms with van der Waals surface area (Å²) in [5.41, 5.74) is 0. The maximum Gasteiger partial charge on any atom is 0.323 e. The Morgan fingerprint density at radius 2 is 1.34 bits per heavy atom. The first kappa shape index (κ1) is 23.8. The van der Waals surface area contributed by atoms with Gasteiger partial charge in [0.2, 0.25) is 5.91 Å². The zero-order valence-electron chi connectivity index (χ0n) is 21.6. The summed E-state index contributed by atoms with van der Waals surface area (Å²) in [5, 5.41) is 9.33. The van der Waals surface area contributed by atoms with Crippen LogP contribution in [0.3, 0.4) is 0 Å². The van der Waals surface area contributed by atoms with Crippen LogP contribution in [0.1, 0.15) is 71.6 Å². The summed E-state index contributed by atoms with van der Waals surface area (Å²) >= 11 is 0. The average molecular weight is 486 g/mol. The van der Waals surface area contributed by atoms with E-state index in [4.69, 9.17) is 4.74 Å². The summed E-state index contributed by atoms with van der Waals surface area (Å²) in [4.78, 5) is 40.5. The minimum Gasteiger partial charge on any atom is -0.480 e. The number of esters is 1. The smallest absolute Gasteiger partial charge is 0.323 e. The minimum absolute atomic E-state index is 0.0339. The van der Waals surface area contributed by atoms with Crippen molar-refractivity contribution in [3.05, 3.63) is 0 Å². The zero-order valence-corrected chi connectivity index (χ0v) is 21.6. The van der Waals surface area contributed by atoms with Gasteiger partial charge in [-0.15, -0.1) is 0 Å². The van der Waals surface area contributed by atoms with Crippen LogP contribution in [0.15, 0.2) is 0 Å². The van der Waals surface area contributed by atoms with Crippen molar-refractivity contribution < 1.29 is 24.2 Å². The van der Waals surface area contributed by atoms with Crippen molar-refractivity contribution >= 4 is 17.8 Å². The Kier molecular flexibility index (Phi) is 5.95. The largest absolute Gasteiger partial charge is 0.480 e. The van der Waals surface area contributed by atoms with E-state index in [-0.39, 0.29) is 36.4 Å². The molecular weight excluding hydrogens is 442 g/mol. The van der Waals surface area contributed by atoms with Gasteiger partial charge in [-0.1, -0.05) is 26.7 Å². The van der Waals surface area contributed by atoms with Gasteiger partial charge in [-0.05, 0) is 104 Å². The van der Waals surface area contributed by atoms with E-state index in [1.807, 2.05) is 0 Å². The second kappa shape index (κ2) is 8.76. The third-order valence-corrected chi connectivity index (χ3v) is 11.7. The molecule has 0 aromatic carbocycles. The number of ether oxygens (including phenoxy) is 1. The highest BCUT2D eigenvalue weighted by Gasteiger charge is 2.67. The summed E-state index contributed by atoms with van der Waals surface area (Å²) < 4.78 is 6.45. The molecule has 194 valence electrons. The predicted molar refractivity (Wildman–Crippen MR) is 130 cm³/mol. The van der Waals surface area contributed by atoms with Crippen LogP contribution >= 0.6 is 0 Å². The highest BCUT2D eigenvalue weighted by molar-refractivity contribution is 5.89. The van der Waals surface area contributed by atoms with E-state index in [1.165, 1.54) is 43.4 Å². The topological polar surface area (TPSA) is 83.9 Å². The number of rotatable bonds is 7. The number of carboxylic acid groups (broad SMARTS) is 1. The molecule has 6 bridgehead atoms. The number of hydrogen-bond acceptors (Lipinski definition) is 4. The Morgan fingerprint density at radius 1 is 0.800 bits per heavy atom. The molecule has 8 unspecified atom stereocenters. The van der Waals surface area contributed by atoms with Crippen molar-refractivity contribution in [1.29, 1.82) is 0 Å². The fraction of sp³-hybridized carbons (Fsp3) is 0.897. The first-order valence-corrected chi connectivity index (χ1v) is 14.5. The summed E-state index contributed by atoms with van der Waals surface area (Å²) in [6.45, 7) is 4.22. The van der Waals surface area contributed by atoms with Crippen LogP contribution in [0, 0.1) is 71.0 Å². The number of nitrogens with zero attached hydrogens (tertiary/aromatic N) is 1. The maximum absolute atomic E-state index is 14.0. The molecular formula is C29H43NO5. The van der Waals surface area contributed by atoms with Crippen LogP contribution in [-0.2, 0) is 19.1 Å². The zero-order chi connectivity index (χ0) is 24.6. The summed E-state index contributed by atoms with van der Waals surface area (Å²) in [6.07, 6.45) is 10.6. The average Bonchev–Trinajstić information content (AvgIpc) is 3.49. The lowest BCUT2D eigenvalue weighted by molar-refractivity contribution is -0.182. The van der Waals surface area contributed by atoms with Gasteiger partial charge >= 0.3 is 11.9 Å². The number of carbonyl (C=O) groups is 3. The second-order valence-corrected chi connectivity index (χ2v) is 13.3. The molecule has 7 saturated carbocycles. The van der Waals surface area contributed by atoms with Crippen LogP contribution in [0.25, 0.3) is 0 Å². The lowest BCUT2D eigenvalue weighted by atomic mass is 9.55. The Hall–Kier alpha value is -1.59. The molecule has 7 fully saturated rings. The quantitative estimate of drug-likeness (QED) is 0.538. The van der Waals surface area contributed by atoms with Gasteiger partial charge in [0.1, 0.15) is 12.6 Å². The van der Waals surface area contributed by atoms with E-state index >= 15 is 0 Å². The van der Waals surface area contributed by atoms with Gasteiger partial charge in [-0.3, -0.25) is 14.4 Å². The van der Waals surface area contributed by atoms with Gasteiger partial charge < -0.3 is 14.7 Å². The summed E-state index contributed by atoms with van der Waals surface area (Å²) in [7, 11) is 1.58. The molecule has 0 heterocycles. The summed E-state index contributed by atoms with van der Waals surface area (Å²) in [6, 6.07) is 0. The molecule has 0 radical (unpaired) electrons. The van der Waals surface area contributed by atoms with Gasteiger partial charge in [0, 0.05) is 7.05 Å². The van der Waals surface area contributed by atoms with E-state index in [1.54, 1.807) is 7.05 Å². The Labute approximate surface area is 209 Å². The van der Waals surface area contributed by atoms with Gasteiger partial charge in [0.15, 0.2) is 0 Å². The monoisotopic (exact) mass is 485 g/mol. The van der Waals surface area contributed by atoms with Gasteiger partial charge in [-0.2, -0.15) is 0 Å². The third kappa shape index (κ3) is 3.67. The van der Waals surface area contributed by atoms with Crippen molar-refractivity contribution in [1.82, 2.24) is 4.90 Å². The highest BCUT2D eigenvalue weighted by atomic mass is 16.5. The molecule has 35 heavy (non-hydrogen) atoms. The van der Waals surface area contributed by atoms with Crippen LogP contribution in [0.2, 0.25) is 0 Å². The van der Waals surface area contributed by atoms with Crippen molar-refractivity contribution in [2.45, 2.75) is 77.7 Å². The second-order valence-electron chi connectivity index (χ2n) is 13.3. The van der Waals surface area contributed by atoms with Crippen molar-refractivity contribution in [2.24, 2.45) is 71.0 Å². The first-order valence-electron chi connectivity index (χ1n) is 14.5. The number of amides is 1. The lowest BCUT2D eigenvalue weighted by Gasteiger charge is -2.53. The molecule has 0 aromatic rings. The van der Waals surface area contributed by atoms with Crippen LogP contribution in [-0.4, -0.2) is 47.5 Å². The Morgan fingerprint density at radius 3 is 1.86 bits per heavy atom.